The molecule has 0 aliphatic carbocycles. The lowest BCUT2D eigenvalue weighted by atomic mass is 10.0. The molecule has 2 aromatic carbocycles. The molecule has 0 saturated carbocycles. The van der Waals surface area contributed by atoms with Gasteiger partial charge < -0.3 is 14.6 Å². The van der Waals surface area contributed by atoms with E-state index in [-0.39, 0.29) is 11.7 Å². The number of benzene rings is 2. The Balaban J connectivity index is 1.20. The third-order valence-corrected chi connectivity index (χ3v) is 7.92. The largest absolute Gasteiger partial charge is 0.379 e. The monoisotopic (exact) mass is 532 g/mol. The van der Waals surface area contributed by atoms with Crippen LogP contribution in [-0.2, 0) is 4.74 Å². The molecule has 2 fully saturated rings. The van der Waals surface area contributed by atoms with Crippen LogP contribution in [0.3, 0.4) is 0 Å². The van der Waals surface area contributed by atoms with Gasteiger partial charge in [0.05, 0.1) is 13.2 Å². The summed E-state index contributed by atoms with van der Waals surface area (Å²) in [4.78, 5) is 30.2. The fourth-order valence-electron chi connectivity index (χ4n) is 5.20. The Kier molecular flexibility index (Phi) is 7.17. The minimum atomic E-state index is -0.349. The first-order chi connectivity index (χ1) is 18.6. The van der Waals surface area contributed by atoms with E-state index in [4.69, 9.17) is 9.72 Å². The Hall–Kier alpha value is -3.60. The lowest BCUT2D eigenvalue weighted by molar-refractivity contribution is 0.0115. The van der Waals surface area contributed by atoms with Crippen molar-refractivity contribution >= 4 is 28.1 Å². The lowest BCUT2D eigenvalue weighted by Gasteiger charge is -2.40. The van der Waals surface area contributed by atoms with Crippen molar-refractivity contribution in [2.24, 2.45) is 0 Å². The summed E-state index contributed by atoms with van der Waals surface area (Å²) in [6, 6.07) is 14.9. The maximum absolute atomic E-state index is 13.6. The van der Waals surface area contributed by atoms with E-state index in [2.05, 4.69) is 37.2 Å². The van der Waals surface area contributed by atoms with Gasteiger partial charge >= 0.3 is 0 Å². The van der Waals surface area contributed by atoms with Crippen LogP contribution in [-0.4, -0.2) is 71.2 Å². The van der Waals surface area contributed by atoms with Gasteiger partial charge in [-0.2, -0.15) is 0 Å². The molecule has 38 heavy (non-hydrogen) atoms. The summed E-state index contributed by atoms with van der Waals surface area (Å²) in [5.41, 5.74) is 3.46. The fourth-order valence-corrected chi connectivity index (χ4v) is 5.72. The molecule has 2 saturated heterocycles. The lowest BCUT2D eigenvalue weighted by Crippen LogP contribution is -2.49. The molecule has 0 spiro atoms. The van der Waals surface area contributed by atoms with Gasteiger partial charge in [-0.15, -0.1) is 11.3 Å². The third-order valence-electron chi connectivity index (χ3n) is 7.23. The highest BCUT2D eigenvalue weighted by Gasteiger charge is 2.26. The van der Waals surface area contributed by atoms with E-state index in [0.717, 1.165) is 57.8 Å². The maximum atomic E-state index is 13.6. The number of anilines is 2. The number of morpholine rings is 1. The summed E-state index contributed by atoms with van der Waals surface area (Å²) in [6.07, 6.45) is 3.93. The number of amides is 1. The van der Waals surface area contributed by atoms with Gasteiger partial charge in [0.1, 0.15) is 23.0 Å². The minimum absolute atomic E-state index is 0.302. The molecule has 0 atom stereocenters. The molecule has 6 rings (SSSR count). The third kappa shape index (κ3) is 5.33. The number of piperidine rings is 1. The summed E-state index contributed by atoms with van der Waals surface area (Å²) in [6.45, 7) is 5.80. The van der Waals surface area contributed by atoms with Gasteiger partial charge in [0, 0.05) is 60.6 Å². The average molecular weight is 533 g/mol. The second-order valence-electron chi connectivity index (χ2n) is 9.52. The molecule has 2 aromatic heterocycles. The fraction of sp³-hybridized carbons (Fsp3) is 0.321. The standard InChI is InChI=1S/C28H29FN6O2S/c29-21-5-1-19(2-6-21)24-25(27(36)33-28-30-11-18-38-28)32-26(31-24)20-3-7-22(8-4-20)34-12-9-23(10-13-34)35-14-16-37-17-15-35/h1-8,11,18,23H,9-10,12-17H2,(H,31,32)(H,30,33,36). The summed E-state index contributed by atoms with van der Waals surface area (Å²) in [7, 11) is 0. The van der Waals surface area contributed by atoms with Gasteiger partial charge in [-0.1, -0.05) is 0 Å². The highest BCUT2D eigenvalue weighted by molar-refractivity contribution is 7.13. The van der Waals surface area contributed by atoms with Crippen LogP contribution in [0.15, 0.2) is 60.1 Å². The van der Waals surface area contributed by atoms with Crippen molar-refractivity contribution in [3.05, 3.63) is 71.6 Å². The summed E-state index contributed by atoms with van der Waals surface area (Å²) >= 11 is 1.34. The van der Waals surface area contributed by atoms with Crippen LogP contribution in [0.5, 0.6) is 0 Å². The quantitative estimate of drug-likeness (QED) is 0.368. The Morgan fingerprint density at radius 1 is 1.00 bits per heavy atom. The predicted molar refractivity (Wildman–Crippen MR) is 147 cm³/mol. The summed E-state index contributed by atoms with van der Waals surface area (Å²) in [5, 5.41) is 5.10. The number of H-pyrrole nitrogens is 1. The molecule has 2 aliphatic rings. The topological polar surface area (TPSA) is 86.4 Å². The number of nitrogens with zero attached hydrogens (tertiary/aromatic N) is 4. The van der Waals surface area contributed by atoms with Crippen molar-refractivity contribution in [1.29, 1.82) is 0 Å². The number of imidazole rings is 1. The molecule has 8 nitrogen and oxygen atoms in total. The van der Waals surface area contributed by atoms with Crippen molar-refractivity contribution in [3.63, 3.8) is 0 Å². The molecule has 0 unspecified atom stereocenters. The number of nitrogens with one attached hydrogen (secondary N) is 2. The number of hydrogen-bond donors (Lipinski definition) is 2. The van der Waals surface area contributed by atoms with Crippen molar-refractivity contribution in [2.75, 3.05) is 49.6 Å². The smallest absolute Gasteiger partial charge is 0.276 e. The summed E-state index contributed by atoms with van der Waals surface area (Å²) in [5.74, 6) is -0.119. The van der Waals surface area contributed by atoms with E-state index < -0.39 is 0 Å². The molecular formula is C28H29FN6O2S. The van der Waals surface area contributed by atoms with Gasteiger partial charge in [0.2, 0.25) is 0 Å². The molecular weight excluding hydrogens is 503 g/mol. The average Bonchev–Trinajstić information content (AvgIpc) is 3.65. The number of carbonyl (C=O) groups is 1. The second-order valence-corrected chi connectivity index (χ2v) is 10.4. The zero-order valence-electron chi connectivity index (χ0n) is 20.9. The van der Waals surface area contributed by atoms with E-state index in [9.17, 15) is 9.18 Å². The minimum Gasteiger partial charge on any atom is -0.379 e. The molecule has 196 valence electrons. The number of thiazole rings is 1. The molecule has 1 amide bonds. The number of aromatic nitrogens is 3. The number of rotatable bonds is 6. The zero-order valence-corrected chi connectivity index (χ0v) is 21.7. The highest BCUT2D eigenvalue weighted by Crippen LogP contribution is 2.30. The number of aromatic amines is 1. The first-order valence-corrected chi connectivity index (χ1v) is 13.8. The molecule has 2 aliphatic heterocycles. The van der Waals surface area contributed by atoms with Crippen LogP contribution >= 0.6 is 11.3 Å². The number of carbonyl (C=O) groups excluding carboxylic acids is 1. The van der Waals surface area contributed by atoms with Gasteiger partial charge in [0.25, 0.3) is 5.91 Å². The molecule has 2 N–H and O–H groups in total. The number of hydrogen-bond acceptors (Lipinski definition) is 7. The van der Waals surface area contributed by atoms with Crippen LogP contribution in [0.4, 0.5) is 15.2 Å². The van der Waals surface area contributed by atoms with Gasteiger partial charge in [-0.05, 0) is 61.4 Å². The molecule has 0 radical (unpaired) electrons. The van der Waals surface area contributed by atoms with Crippen LogP contribution in [0.2, 0.25) is 0 Å². The highest BCUT2D eigenvalue weighted by atomic mass is 32.1. The predicted octanol–water partition coefficient (Wildman–Crippen LogP) is 4.89. The normalized spacial score (nSPS) is 17.0. The van der Waals surface area contributed by atoms with Crippen LogP contribution < -0.4 is 10.2 Å². The van der Waals surface area contributed by atoms with Crippen LogP contribution in [0.1, 0.15) is 23.3 Å². The second kappa shape index (κ2) is 11.0. The van der Waals surface area contributed by atoms with E-state index in [0.29, 0.717) is 33.9 Å². The van der Waals surface area contributed by atoms with Crippen molar-refractivity contribution < 1.29 is 13.9 Å². The van der Waals surface area contributed by atoms with Crippen LogP contribution in [0.25, 0.3) is 22.6 Å². The van der Waals surface area contributed by atoms with E-state index in [1.807, 2.05) is 12.1 Å². The Bertz CT molecular complexity index is 1360. The summed E-state index contributed by atoms with van der Waals surface area (Å²) < 4.78 is 19.1. The SMILES string of the molecule is O=C(Nc1nccs1)c1[nH]c(-c2ccc(N3CCC(N4CCOCC4)CC3)cc2)nc1-c1ccc(F)cc1. The molecule has 10 heteroatoms. The van der Waals surface area contributed by atoms with Crippen LogP contribution in [0, 0.1) is 5.82 Å². The first kappa shape index (κ1) is 24.7. The van der Waals surface area contributed by atoms with E-state index in [1.54, 1.807) is 23.7 Å². The van der Waals surface area contributed by atoms with Gasteiger partial charge in [-0.25, -0.2) is 14.4 Å². The maximum Gasteiger partial charge on any atom is 0.276 e. The van der Waals surface area contributed by atoms with Crippen molar-refractivity contribution in [2.45, 2.75) is 18.9 Å². The van der Waals surface area contributed by atoms with Crippen molar-refractivity contribution in [3.8, 4) is 22.6 Å². The number of ether oxygens (including phenoxy) is 1. The van der Waals surface area contributed by atoms with Gasteiger partial charge in [0.15, 0.2) is 5.13 Å². The van der Waals surface area contributed by atoms with Crippen molar-refractivity contribution in [1.82, 2.24) is 19.9 Å². The molecule has 4 aromatic rings. The zero-order chi connectivity index (χ0) is 25.9. The molecule has 0 bridgehead atoms. The number of halogens is 1. The Morgan fingerprint density at radius 3 is 2.39 bits per heavy atom. The first-order valence-electron chi connectivity index (χ1n) is 12.9. The Morgan fingerprint density at radius 2 is 1.71 bits per heavy atom. The van der Waals surface area contributed by atoms with Gasteiger partial charge in [-0.3, -0.25) is 15.0 Å². The van der Waals surface area contributed by atoms with E-state index >= 15 is 0 Å². The Labute approximate surface area is 224 Å². The van der Waals surface area contributed by atoms with E-state index in [1.165, 1.54) is 29.2 Å². The molecule has 4 heterocycles.